The van der Waals surface area contributed by atoms with Crippen molar-refractivity contribution in [1.82, 2.24) is 15.2 Å². The van der Waals surface area contributed by atoms with Crippen molar-refractivity contribution in [3.05, 3.63) is 76.1 Å². The van der Waals surface area contributed by atoms with Gasteiger partial charge in [-0.3, -0.25) is 19.3 Å². The Morgan fingerprint density at radius 1 is 0.925 bits per heavy atom. The van der Waals surface area contributed by atoms with Gasteiger partial charge >= 0.3 is 0 Å². The van der Waals surface area contributed by atoms with E-state index in [1.54, 1.807) is 17.0 Å². The lowest BCUT2D eigenvalue weighted by atomic mass is 9.89. The van der Waals surface area contributed by atoms with Gasteiger partial charge in [-0.15, -0.1) is 0 Å². The molecule has 0 radical (unpaired) electrons. The van der Waals surface area contributed by atoms with Crippen molar-refractivity contribution in [2.24, 2.45) is 17.8 Å². The molecular formula is C32H37N3O5. The SMILES string of the molecule is O=C1[C@H]2C[C@H](NC[C@H](O)c3ccc(OCc4ccccc4)c4[nH]c(=O)ccc34)C[C@H]2C(=O)N1CC1CCCCC1. The maximum atomic E-state index is 13.1. The number of rotatable bonds is 9. The van der Waals surface area contributed by atoms with Crippen LogP contribution in [0, 0.1) is 17.8 Å². The maximum Gasteiger partial charge on any atom is 0.248 e. The molecule has 6 rings (SSSR count). The number of aliphatic hydroxyl groups is 1. The Morgan fingerprint density at radius 3 is 2.38 bits per heavy atom. The summed E-state index contributed by atoms with van der Waals surface area (Å²) in [7, 11) is 0. The van der Waals surface area contributed by atoms with E-state index in [4.69, 9.17) is 4.74 Å². The molecule has 2 saturated carbocycles. The Bertz CT molecular complexity index is 1410. The number of pyridine rings is 1. The molecule has 3 aromatic rings. The number of imide groups is 1. The number of fused-ring (bicyclic) bond motifs is 2. The molecule has 2 amide bonds. The number of amides is 2. The third-order valence-electron chi connectivity index (χ3n) is 8.98. The molecule has 4 atom stereocenters. The summed E-state index contributed by atoms with van der Waals surface area (Å²) in [5, 5.41) is 15.3. The van der Waals surface area contributed by atoms with Gasteiger partial charge in [0.25, 0.3) is 0 Å². The molecule has 3 aliphatic rings. The number of aliphatic hydroxyl groups excluding tert-OH is 1. The number of likely N-dealkylation sites (tertiary alicyclic amines) is 1. The van der Waals surface area contributed by atoms with E-state index in [1.807, 2.05) is 36.4 Å². The van der Waals surface area contributed by atoms with Crippen LogP contribution in [0.1, 0.15) is 62.2 Å². The van der Waals surface area contributed by atoms with Crippen LogP contribution in [0.4, 0.5) is 0 Å². The summed E-state index contributed by atoms with van der Waals surface area (Å²) >= 11 is 0. The molecule has 3 N–H and O–H groups in total. The van der Waals surface area contributed by atoms with E-state index in [-0.39, 0.29) is 41.8 Å². The third-order valence-corrected chi connectivity index (χ3v) is 8.98. The standard InChI is InChI=1S/C32H37N3O5/c36-27(17-33-22-15-25-26(16-22)32(39)35(31(25)38)18-20-7-3-1-4-8-20)23-11-13-28(30-24(23)12-14-29(37)34-30)40-19-21-9-5-2-6-10-21/h2,5-6,9-14,20,22,25-27,33,36H,1,3-4,7-8,15-19H2,(H,34,37)/t22-,25-,26+,27-/m0/s1. The van der Waals surface area contributed by atoms with Gasteiger partial charge in [0.05, 0.1) is 23.5 Å². The Kier molecular flexibility index (Phi) is 7.71. The number of hydrogen-bond donors (Lipinski definition) is 3. The Labute approximate surface area is 233 Å². The second-order valence-corrected chi connectivity index (χ2v) is 11.6. The molecule has 1 aliphatic heterocycles. The predicted molar refractivity (Wildman–Crippen MR) is 152 cm³/mol. The van der Waals surface area contributed by atoms with Crippen LogP contribution in [0.5, 0.6) is 5.75 Å². The van der Waals surface area contributed by atoms with E-state index < -0.39 is 6.10 Å². The van der Waals surface area contributed by atoms with Gasteiger partial charge in [0.2, 0.25) is 17.4 Å². The van der Waals surface area contributed by atoms with E-state index in [2.05, 4.69) is 10.3 Å². The molecule has 1 saturated heterocycles. The number of nitrogens with zero attached hydrogens (tertiary/aromatic N) is 1. The molecule has 8 heteroatoms. The first kappa shape index (κ1) is 26.7. The minimum absolute atomic E-state index is 0.00562. The summed E-state index contributed by atoms with van der Waals surface area (Å²) in [4.78, 5) is 42.8. The zero-order chi connectivity index (χ0) is 27.6. The first-order valence-electron chi connectivity index (χ1n) is 14.6. The fourth-order valence-corrected chi connectivity index (χ4v) is 6.85. The van der Waals surface area contributed by atoms with Gasteiger partial charge in [0.15, 0.2) is 0 Å². The van der Waals surface area contributed by atoms with Gasteiger partial charge in [0, 0.05) is 30.6 Å². The lowest BCUT2D eigenvalue weighted by molar-refractivity contribution is -0.141. The lowest BCUT2D eigenvalue weighted by Gasteiger charge is -2.27. The maximum absolute atomic E-state index is 13.1. The minimum atomic E-state index is -0.841. The van der Waals surface area contributed by atoms with E-state index in [1.165, 1.54) is 25.3 Å². The molecule has 0 spiro atoms. The number of nitrogens with one attached hydrogen (secondary N) is 2. The van der Waals surface area contributed by atoms with Gasteiger partial charge in [-0.25, -0.2) is 0 Å². The van der Waals surface area contributed by atoms with Crippen molar-refractivity contribution in [1.29, 1.82) is 0 Å². The zero-order valence-corrected chi connectivity index (χ0v) is 22.7. The van der Waals surface area contributed by atoms with Crippen molar-refractivity contribution in [2.75, 3.05) is 13.1 Å². The number of benzene rings is 2. The van der Waals surface area contributed by atoms with Crippen LogP contribution in [-0.4, -0.2) is 45.9 Å². The number of carbonyl (C=O) groups is 2. The third kappa shape index (κ3) is 5.43. The van der Waals surface area contributed by atoms with Gasteiger partial charge in [-0.05, 0) is 54.9 Å². The average molecular weight is 544 g/mol. The van der Waals surface area contributed by atoms with Crippen LogP contribution >= 0.6 is 0 Å². The van der Waals surface area contributed by atoms with Gasteiger partial charge in [0.1, 0.15) is 12.4 Å². The number of H-pyrrole nitrogens is 1. The smallest absolute Gasteiger partial charge is 0.248 e. The number of ether oxygens (including phenoxy) is 1. The van der Waals surface area contributed by atoms with Crippen molar-refractivity contribution < 1.29 is 19.4 Å². The van der Waals surface area contributed by atoms with E-state index in [9.17, 15) is 19.5 Å². The monoisotopic (exact) mass is 543 g/mol. The topological polar surface area (TPSA) is 112 Å². The number of hydrogen-bond acceptors (Lipinski definition) is 6. The van der Waals surface area contributed by atoms with Crippen LogP contribution in [0.25, 0.3) is 10.9 Å². The summed E-state index contributed by atoms with van der Waals surface area (Å²) in [5.41, 5.74) is 1.99. The van der Waals surface area contributed by atoms with E-state index in [0.29, 0.717) is 54.1 Å². The van der Waals surface area contributed by atoms with Gasteiger partial charge < -0.3 is 20.1 Å². The number of aromatic nitrogens is 1. The predicted octanol–water partition coefficient (Wildman–Crippen LogP) is 4.07. The molecule has 8 nitrogen and oxygen atoms in total. The summed E-state index contributed by atoms with van der Waals surface area (Å²) in [6, 6.07) is 16.5. The molecule has 0 bridgehead atoms. The lowest BCUT2D eigenvalue weighted by Crippen LogP contribution is -2.39. The summed E-state index contributed by atoms with van der Waals surface area (Å²) in [6.07, 6.45) is 6.24. The molecule has 40 heavy (non-hydrogen) atoms. The summed E-state index contributed by atoms with van der Waals surface area (Å²) in [5.74, 6) is 0.469. The quantitative estimate of drug-likeness (QED) is 0.351. The largest absolute Gasteiger partial charge is 0.487 e. The van der Waals surface area contributed by atoms with Crippen molar-refractivity contribution in [3.8, 4) is 5.75 Å². The van der Waals surface area contributed by atoms with Crippen LogP contribution in [-0.2, 0) is 16.2 Å². The van der Waals surface area contributed by atoms with Crippen molar-refractivity contribution in [2.45, 2.75) is 63.7 Å². The Morgan fingerprint density at radius 2 is 1.65 bits per heavy atom. The van der Waals surface area contributed by atoms with Gasteiger partial charge in [-0.2, -0.15) is 0 Å². The fraction of sp³-hybridized carbons (Fsp3) is 0.469. The fourth-order valence-electron chi connectivity index (χ4n) is 6.85. The molecule has 2 aliphatic carbocycles. The summed E-state index contributed by atoms with van der Waals surface area (Å²) < 4.78 is 6.02. The summed E-state index contributed by atoms with van der Waals surface area (Å²) in [6.45, 7) is 1.22. The molecule has 1 aromatic heterocycles. The minimum Gasteiger partial charge on any atom is -0.487 e. The van der Waals surface area contributed by atoms with Crippen LogP contribution in [0.3, 0.4) is 0 Å². The molecule has 2 heterocycles. The van der Waals surface area contributed by atoms with Crippen molar-refractivity contribution >= 4 is 22.7 Å². The van der Waals surface area contributed by atoms with Crippen LogP contribution < -0.4 is 15.6 Å². The highest BCUT2D eigenvalue weighted by Gasteiger charge is 2.52. The van der Waals surface area contributed by atoms with Crippen LogP contribution in [0.2, 0.25) is 0 Å². The highest BCUT2D eigenvalue weighted by atomic mass is 16.5. The molecule has 210 valence electrons. The molecule has 2 aromatic carbocycles. The van der Waals surface area contributed by atoms with Crippen LogP contribution in [0.15, 0.2) is 59.4 Å². The second kappa shape index (κ2) is 11.6. The molecule has 0 unspecified atom stereocenters. The highest BCUT2D eigenvalue weighted by molar-refractivity contribution is 6.05. The Hall–Kier alpha value is -3.49. The Balaban J connectivity index is 1.09. The van der Waals surface area contributed by atoms with Crippen molar-refractivity contribution in [3.63, 3.8) is 0 Å². The van der Waals surface area contributed by atoms with E-state index in [0.717, 1.165) is 18.4 Å². The zero-order valence-electron chi connectivity index (χ0n) is 22.7. The van der Waals surface area contributed by atoms with E-state index >= 15 is 0 Å². The average Bonchev–Trinajstić information content (AvgIpc) is 3.50. The first-order valence-corrected chi connectivity index (χ1v) is 14.6. The number of aromatic amines is 1. The number of carbonyl (C=O) groups excluding carboxylic acids is 2. The first-order chi connectivity index (χ1) is 19.5. The highest BCUT2D eigenvalue weighted by Crippen LogP contribution is 2.41. The normalized spacial score (nSPS) is 24.0. The van der Waals surface area contributed by atoms with Gasteiger partial charge in [-0.1, -0.05) is 55.7 Å². The second-order valence-electron chi connectivity index (χ2n) is 11.6. The molecule has 3 fully saturated rings. The molecular weight excluding hydrogens is 506 g/mol.